The van der Waals surface area contributed by atoms with Crippen molar-refractivity contribution in [1.82, 2.24) is 0 Å². The van der Waals surface area contributed by atoms with Gasteiger partial charge in [-0.15, -0.1) is 0 Å². The van der Waals surface area contributed by atoms with Gasteiger partial charge in [-0.1, -0.05) is 202 Å². The van der Waals surface area contributed by atoms with E-state index in [-0.39, 0.29) is 37.5 Å². The largest absolute Gasteiger partial charge is 0.462 e. The summed E-state index contributed by atoms with van der Waals surface area (Å²) in [6.07, 6.45) is 68.5. The third kappa shape index (κ3) is 51.4. The monoisotopic (exact) mass is 905 g/mol. The molecular formula is C59H100O6. The van der Waals surface area contributed by atoms with Gasteiger partial charge in [0, 0.05) is 19.3 Å². The summed E-state index contributed by atoms with van der Waals surface area (Å²) in [6, 6.07) is 0. The van der Waals surface area contributed by atoms with Gasteiger partial charge in [-0.25, -0.2) is 0 Å². The maximum atomic E-state index is 12.8. The van der Waals surface area contributed by atoms with Gasteiger partial charge in [-0.2, -0.15) is 0 Å². The first-order chi connectivity index (χ1) is 32.0. The molecule has 65 heavy (non-hydrogen) atoms. The van der Waals surface area contributed by atoms with Gasteiger partial charge in [0.05, 0.1) is 0 Å². The van der Waals surface area contributed by atoms with Crippen LogP contribution in [0.25, 0.3) is 0 Å². The molecule has 0 spiro atoms. The molecule has 0 aromatic heterocycles. The van der Waals surface area contributed by atoms with Crippen LogP contribution in [-0.2, 0) is 28.6 Å². The normalized spacial score (nSPS) is 12.7. The van der Waals surface area contributed by atoms with E-state index >= 15 is 0 Å². The zero-order valence-corrected chi connectivity index (χ0v) is 42.5. The Morgan fingerprint density at radius 2 is 0.569 bits per heavy atom. The van der Waals surface area contributed by atoms with E-state index < -0.39 is 6.10 Å². The zero-order valence-electron chi connectivity index (χ0n) is 42.5. The van der Waals surface area contributed by atoms with Crippen LogP contribution in [0.2, 0.25) is 0 Å². The highest BCUT2D eigenvalue weighted by Crippen LogP contribution is 2.13. The van der Waals surface area contributed by atoms with Crippen molar-refractivity contribution >= 4 is 17.9 Å². The molecule has 372 valence electrons. The quantitative estimate of drug-likeness (QED) is 0.0262. The Labute approximate surface area is 401 Å². The van der Waals surface area contributed by atoms with E-state index in [1.54, 1.807) is 0 Å². The molecule has 0 rings (SSSR count). The molecule has 0 aliphatic carbocycles. The van der Waals surface area contributed by atoms with Crippen molar-refractivity contribution in [2.75, 3.05) is 13.2 Å². The molecule has 0 N–H and O–H groups in total. The van der Waals surface area contributed by atoms with Crippen LogP contribution in [0.3, 0.4) is 0 Å². The first-order valence-electron chi connectivity index (χ1n) is 27.1. The Hall–Kier alpha value is -3.41. The van der Waals surface area contributed by atoms with Crippen molar-refractivity contribution in [1.29, 1.82) is 0 Å². The number of allylic oxidation sites excluding steroid dienone is 14. The van der Waals surface area contributed by atoms with Crippen molar-refractivity contribution in [3.8, 4) is 0 Å². The van der Waals surface area contributed by atoms with Gasteiger partial charge in [0.25, 0.3) is 0 Å². The molecule has 0 amide bonds. The van der Waals surface area contributed by atoms with Crippen LogP contribution >= 0.6 is 0 Å². The lowest BCUT2D eigenvalue weighted by molar-refractivity contribution is -0.167. The molecule has 6 nitrogen and oxygen atoms in total. The second-order valence-corrected chi connectivity index (χ2v) is 17.8. The Morgan fingerprint density at radius 3 is 0.938 bits per heavy atom. The fourth-order valence-corrected chi connectivity index (χ4v) is 7.20. The smallest absolute Gasteiger partial charge is 0.306 e. The van der Waals surface area contributed by atoms with Gasteiger partial charge in [0.1, 0.15) is 13.2 Å². The molecule has 6 heteroatoms. The van der Waals surface area contributed by atoms with Gasteiger partial charge in [0.2, 0.25) is 0 Å². The van der Waals surface area contributed by atoms with Gasteiger partial charge < -0.3 is 14.2 Å². The molecule has 0 aliphatic rings. The SMILES string of the molecule is CCCC/C=C\CCCCCCCC(=O)OC[C@@H](COC(=O)CCCCCCCCC/C=C\C/C=C\CCCCC)OC(=O)CCCCC/C=C\C/C=C\C/C=C\C/C=C\CCCCC. The van der Waals surface area contributed by atoms with Gasteiger partial charge in [-0.05, 0) is 116 Å². The van der Waals surface area contributed by atoms with E-state index in [1.165, 1.54) is 103 Å². The topological polar surface area (TPSA) is 78.9 Å². The van der Waals surface area contributed by atoms with Crippen molar-refractivity contribution in [2.24, 2.45) is 0 Å². The molecule has 0 aromatic rings. The minimum atomic E-state index is -0.800. The average Bonchev–Trinajstić information content (AvgIpc) is 3.30. The molecule has 0 saturated heterocycles. The zero-order chi connectivity index (χ0) is 47.2. The van der Waals surface area contributed by atoms with E-state index in [9.17, 15) is 14.4 Å². The Kier molecular flexibility index (Phi) is 50.4. The minimum Gasteiger partial charge on any atom is -0.462 e. The number of ether oxygens (including phenoxy) is 3. The standard InChI is InChI=1S/C59H100O6/c1-4-7-10-13-16-19-22-24-26-28-29-31-33-35-38-41-44-47-50-53-59(62)65-56(54-63-57(60)51-48-45-42-39-36-21-18-15-12-9-6-3)55-64-58(61)52-49-46-43-40-37-34-32-30-27-25-23-20-17-14-11-8-5-2/h15-20,24-27,29,31,35,38,56H,4-14,21-23,28,30,32-34,36-37,39-55H2,1-3H3/b18-15-,19-16-,20-17-,26-24-,27-25-,31-29-,38-35-/t56-/m0/s1. The highest BCUT2D eigenvalue weighted by Gasteiger charge is 2.19. The predicted octanol–water partition coefficient (Wildman–Crippen LogP) is 18.0. The van der Waals surface area contributed by atoms with E-state index in [0.717, 1.165) is 109 Å². The molecule has 0 unspecified atom stereocenters. The molecule has 0 fully saturated rings. The molecule has 0 aromatic carbocycles. The summed E-state index contributed by atoms with van der Waals surface area (Å²) >= 11 is 0. The fourth-order valence-electron chi connectivity index (χ4n) is 7.20. The summed E-state index contributed by atoms with van der Waals surface area (Å²) in [5.74, 6) is -0.944. The van der Waals surface area contributed by atoms with Crippen molar-refractivity contribution in [3.05, 3.63) is 85.1 Å². The Bertz CT molecular complexity index is 1270. The molecule has 1 atom stereocenters. The molecule has 0 bridgehead atoms. The van der Waals surface area contributed by atoms with E-state index in [2.05, 4.69) is 106 Å². The van der Waals surface area contributed by atoms with Crippen LogP contribution in [0, 0.1) is 0 Å². The number of hydrogen-bond acceptors (Lipinski definition) is 6. The summed E-state index contributed by atoms with van der Waals surface area (Å²) in [7, 11) is 0. The molecule has 0 heterocycles. The van der Waals surface area contributed by atoms with Crippen LogP contribution in [-0.4, -0.2) is 37.2 Å². The maximum Gasteiger partial charge on any atom is 0.306 e. The number of carbonyl (C=O) groups is 3. The van der Waals surface area contributed by atoms with Crippen LogP contribution in [0.5, 0.6) is 0 Å². The van der Waals surface area contributed by atoms with E-state index in [4.69, 9.17) is 14.2 Å². The number of unbranched alkanes of at least 4 members (excludes halogenated alkanes) is 23. The van der Waals surface area contributed by atoms with Gasteiger partial charge >= 0.3 is 17.9 Å². The number of carbonyl (C=O) groups excluding carboxylic acids is 3. The summed E-state index contributed by atoms with van der Waals surface area (Å²) in [5, 5.41) is 0. The van der Waals surface area contributed by atoms with Crippen molar-refractivity contribution < 1.29 is 28.6 Å². The van der Waals surface area contributed by atoms with E-state index in [1.807, 2.05) is 0 Å². The number of hydrogen-bond donors (Lipinski definition) is 0. The second kappa shape index (κ2) is 53.2. The molecule has 0 saturated carbocycles. The molecule has 0 radical (unpaired) electrons. The third-order valence-corrected chi connectivity index (χ3v) is 11.3. The maximum absolute atomic E-state index is 12.8. The Morgan fingerprint density at radius 1 is 0.308 bits per heavy atom. The summed E-state index contributed by atoms with van der Waals surface area (Å²) < 4.78 is 16.8. The molecular weight excluding hydrogens is 805 g/mol. The first-order valence-corrected chi connectivity index (χ1v) is 27.1. The summed E-state index contributed by atoms with van der Waals surface area (Å²) in [5.41, 5.74) is 0. The highest BCUT2D eigenvalue weighted by molar-refractivity contribution is 5.71. The number of rotatable bonds is 48. The van der Waals surface area contributed by atoms with E-state index in [0.29, 0.717) is 12.8 Å². The van der Waals surface area contributed by atoms with Gasteiger partial charge in [0.15, 0.2) is 6.10 Å². The first kappa shape index (κ1) is 61.6. The fraction of sp³-hybridized carbons (Fsp3) is 0.712. The second-order valence-electron chi connectivity index (χ2n) is 17.8. The average molecular weight is 905 g/mol. The van der Waals surface area contributed by atoms with Crippen LogP contribution < -0.4 is 0 Å². The van der Waals surface area contributed by atoms with Crippen LogP contribution in [0.1, 0.15) is 252 Å². The Balaban J connectivity index is 4.45. The predicted molar refractivity (Wildman–Crippen MR) is 279 cm³/mol. The van der Waals surface area contributed by atoms with Crippen molar-refractivity contribution in [2.45, 2.75) is 258 Å². The lowest BCUT2D eigenvalue weighted by Gasteiger charge is -2.18. The van der Waals surface area contributed by atoms with Crippen LogP contribution in [0.4, 0.5) is 0 Å². The number of esters is 3. The van der Waals surface area contributed by atoms with Crippen LogP contribution in [0.15, 0.2) is 85.1 Å². The minimum absolute atomic E-state index is 0.0967. The third-order valence-electron chi connectivity index (χ3n) is 11.3. The highest BCUT2D eigenvalue weighted by atomic mass is 16.6. The lowest BCUT2D eigenvalue weighted by Crippen LogP contribution is -2.30. The lowest BCUT2D eigenvalue weighted by atomic mass is 10.1. The van der Waals surface area contributed by atoms with Crippen molar-refractivity contribution in [3.63, 3.8) is 0 Å². The summed E-state index contributed by atoms with van der Waals surface area (Å²) in [6.45, 7) is 6.51. The van der Waals surface area contributed by atoms with Gasteiger partial charge in [-0.3, -0.25) is 14.4 Å². The molecule has 0 aliphatic heterocycles. The summed E-state index contributed by atoms with van der Waals surface area (Å²) in [4.78, 5) is 38.0.